The van der Waals surface area contributed by atoms with Gasteiger partial charge in [-0.2, -0.15) is 0 Å². The zero-order valence-corrected chi connectivity index (χ0v) is 14.8. The van der Waals surface area contributed by atoms with Gasteiger partial charge in [0.05, 0.1) is 17.3 Å². The number of nitrogens with zero attached hydrogens (tertiary/aromatic N) is 1. The fourth-order valence-electron chi connectivity index (χ4n) is 3.06. The second-order valence-corrected chi connectivity index (χ2v) is 6.32. The summed E-state index contributed by atoms with van der Waals surface area (Å²) in [6.07, 6.45) is 0. The Labute approximate surface area is 151 Å². The van der Waals surface area contributed by atoms with Crippen LogP contribution < -0.4 is 15.0 Å². The summed E-state index contributed by atoms with van der Waals surface area (Å²) in [5.41, 5.74) is 2.64. The van der Waals surface area contributed by atoms with Gasteiger partial charge in [-0.15, -0.1) is 0 Å². The number of hydrogen-bond acceptors (Lipinski definition) is 3. The highest BCUT2D eigenvalue weighted by molar-refractivity contribution is 6.32. The number of ether oxygens (including phenoxy) is 1. The predicted molar refractivity (Wildman–Crippen MR) is 97.0 cm³/mol. The Bertz CT molecular complexity index is 822. The van der Waals surface area contributed by atoms with E-state index >= 15 is 0 Å². The number of nitrogens with one attached hydrogen (secondary N) is 1. The molecule has 5 nitrogen and oxygen atoms in total. The summed E-state index contributed by atoms with van der Waals surface area (Å²) >= 11 is 6.08. The molecule has 3 rings (SSSR count). The fourth-order valence-corrected chi connectivity index (χ4v) is 3.25. The zero-order valence-electron chi connectivity index (χ0n) is 14.1. The molecule has 6 heteroatoms. The molecule has 0 unspecified atom stereocenters. The Hall–Kier alpha value is -2.53. The van der Waals surface area contributed by atoms with E-state index in [-0.39, 0.29) is 11.8 Å². The van der Waals surface area contributed by atoms with Crippen molar-refractivity contribution in [3.8, 4) is 5.75 Å². The van der Waals surface area contributed by atoms with Crippen LogP contribution in [0, 0.1) is 6.92 Å². The molecule has 1 heterocycles. The quantitative estimate of drug-likeness (QED) is 0.892. The largest absolute Gasteiger partial charge is 0.490 e. The molecule has 130 valence electrons. The maximum absolute atomic E-state index is 12.8. The highest BCUT2D eigenvalue weighted by atomic mass is 35.5. The van der Waals surface area contributed by atoms with Gasteiger partial charge in [-0.25, -0.2) is 0 Å². The van der Waals surface area contributed by atoms with Crippen molar-refractivity contribution in [2.75, 3.05) is 18.1 Å². The first-order valence-electron chi connectivity index (χ1n) is 8.04. The Morgan fingerprint density at radius 1 is 1.24 bits per heavy atom. The lowest BCUT2D eigenvalue weighted by Gasteiger charge is -2.20. The van der Waals surface area contributed by atoms with Crippen molar-refractivity contribution < 1.29 is 14.3 Å². The third-order valence-corrected chi connectivity index (χ3v) is 4.43. The standard InChI is InChI=1S/C19H19ClN2O3/c1-12-6-5-7-14-17(21-13(2)23)19(24)22(18(12)14)10-11-25-16-9-4-3-8-15(16)20/h3-9,17H,10-11H2,1-2H3,(H,21,23)/t17-/m0/s1. The summed E-state index contributed by atoms with van der Waals surface area (Å²) in [6, 6.07) is 12.3. The summed E-state index contributed by atoms with van der Waals surface area (Å²) < 4.78 is 5.71. The molecular weight excluding hydrogens is 340 g/mol. The Balaban J connectivity index is 1.78. The van der Waals surface area contributed by atoms with Gasteiger partial charge < -0.3 is 15.0 Å². The number of fused-ring (bicyclic) bond motifs is 1. The first-order valence-corrected chi connectivity index (χ1v) is 8.42. The third-order valence-electron chi connectivity index (χ3n) is 4.12. The maximum Gasteiger partial charge on any atom is 0.254 e. The molecule has 2 amide bonds. The number of hydrogen-bond donors (Lipinski definition) is 1. The molecule has 25 heavy (non-hydrogen) atoms. The first-order chi connectivity index (χ1) is 12.0. The lowest BCUT2D eigenvalue weighted by atomic mass is 10.1. The van der Waals surface area contributed by atoms with Crippen molar-refractivity contribution in [3.05, 3.63) is 58.6 Å². The number of carbonyl (C=O) groups is 2. The molecule has 2 aromatic carbocycles. The molecule has 1 aliphatic rings. The minimum absolute atomic E-state index is 0.151. The molecule has 2 aromatic rings. The molecule has 0 aromatic heterocycles. The first kappa shape index (κ1) is 17.3. The summed E-state index contributed by atoms with van der Waals surface area (Å²) in [5, 5.41) is 3.26. The molecule has 1 atom stereocenters. The van der Waals surface area contributed by atoms with Gasteiger partial charge in [-0.05, 0) is 24.6 Å². The van der Waals surface area contributed by atoms with E-state index in [2.05, 4.69) is 5.32 Å². The minimum Gasteiger partial charge on any atom is -0.490 e. The smallest absolute Gasteiger partial charge is 0.254 e. The van der Waals surface area contributed by atoms with Crippen molar-refractivity contribution in [3.63, 3.8) is 0 Å². The zero-order chi connectivity index (χ0) is 18.0. The predicted octanol–water partition coefficient (Wildman–Crippen LogP) is 3.25. The van der Waals surface area contributed by atoms with Crippen LogP contribution in [-0.2, 0) is 9.59 Å². The van der Waals surface area contributed by atoms with E-state index < -0.39 is 6.04 Å². The van der Waals surface area contributed by atoms with Crippen molar-refractivity contribution in [2.45, 2.75) is 19.9 Å². The number of rotatable bonds is 5. The molecule has 0 saturated heterocycles. The summed E-state index contributed by atoms with van der Waals surface area (Å²) in [6.45, 7) is 4.03. The van der Waals surface area contributed by atoms with Crippen molar-refractivity contribution in [2.24, 2.45) is 0 Å². The highest BCUT2D eigenvalue weighted by Crippen LogP contribution is 2.38. The molecule has 0 radical (unpaired) electrons. The van der Waals surface area contributed by atoms with E-state index in [1.54, 1.807) is 17.0 Å². The lowest BCUT2D eigenvalue weighted by Crippen LogP contribution is -2.38. The Morgan fingerprint density at radius 2 is 2.00 bits per heavy atom. The monoisotopic (exact) mass is 358 g/mol. The van der Waals surface area contributed by atoms with E-state index in [0.717, 1.165) is 16.8 Å². The molecule has 1 aliphatic heterocycles. The molecule has 0 saturated carbocycles. The van der Waals surface area contributed by atoms with Gasteiger partial charge in [0.15, 0.2) is 0 Å². The molecule has 0 fully saturated rings. The van der Waals surface area contributed by atoms with Crippen LogP contribution >= 0.6 is 11.6 Å². The van der Waals surface area contributed by atoms with Gasteiger partial charge in [0.1, 0.15) is 18.4 Å². The van der Waals surface area contributed by atoms with Crippen LogP contribution in [0.25, 0.3) is 0 Å². The van der Waals surface area contributed by atoms with Gasteiger partial charge in [0.25, 0.3) is 5.91 Å². The van der Waals surface area contributed by atoms with Crippen LogP contribution in [0.3, 0.4) is 0 Å². The average Bonchev–Trinajstić information content (AvgIpc) is 2.83. The van der Waals surface area contributed by atoms with Gasteiger partial charge in [0, 0.05) is 12.5 Å². The second-order valence-electron chi connectivity index (χ2n) is 5.92. The number of para-hydroxylation sites is 2. The van der Waals surface area contributed by atoms with Gasteiger partial charge >= 0.3 is 0 Å². The normalized spacial score (nSPS) is 15.9. The summed E-state index contributed by atoms with van der Waals surface area (Å²) in [5.74, 6) is 0.196. The number of aryl methyl sites for hydroxylation is 1. The van der Waals surface area contributed by atoms with E-state index in [0.29, 0.717) is 23.9 Å². The van der Waals surface area contributed by atoms with E-state index in [1.165, 1.54) is 6.92 Å². The van der Waals surface area contributed by atoms with Crippen LogP contribution in [0.5, 0.6) is 5.75 Å². The van der Waals surface area contributed by atoms with Crippen molar-refractivity contribution >= 4 is 29.1 Å². The second kappa shape index (κ2) is 7.15. The fraction of sp³-hybridized carbons (Fsp3) is 0.263. The summed E-state index contributed by atoms with van der Waals surface area (Å²) in [7, 11) is 0. The van der Waals surface area contributed by atoms with Crippen LogP contribution in [0.15, 0.2) is 42.5 Å². The molecular formula is C19H19ClN2O3. The number of amides is 2. The Kier molecular flexibility index (Phi) is 4.95. The third kappa shape index (κ3) is 3.46. The van der Waals surface area contributed by atoms with Crippen LogP contribution in [0.1, 0.15) is 24.1 Å². The highest BCUT2D eigenvalue weighted by Gasteiger charge is 2.38. The Morgan fingerprint density at radius 3 is 2.72 bits per heavy atom. The number of benzene rings is 2. The maximum atomic E-state index is 12.8. The SMILES string of the molecule is CC(=O)N[C@@H]1C(=O)N(CCOc2ccccc2Cl)c2c(C)cccc21. The molecule has 0 bridgehead atoms. The van der Waals surface area contributed by atoms with Gasteiger partial charge in [0.2, 0.25) is 5.91 Å². The van der Waals surface area contributed by atoms with Crippen molar-refractivity contribution in [1.82, 2.24) is 5.32 Å². The van der Waals surface area contributed by atoms with Crippen LogP contribution in [-0.4, -0.2) is 25.0 Å². The van der Waals surface area contributed by atoms with Crippen LogP contribution in [0.4, 0.5) is 5.69 Å². The molecule has 0 aliphatic carbocycles. The van der Waals surface area contributed by atoms with Crippen molar-refractivity contribution in [1.29, 1.82) is 0 Å². The number of anilines is 1. The van der Waals surface area contributed by atoms with Gasteiger partial charge in [-0.3, -0.25) is 9.59 Å². The number of carbonyl (C=O) groups excluding carboxylic acids is 2. The molecule has 0 spiro atoms. The topological polar surface area (TPSA) is 58.6 Å². The lowest BCUT2D eigenvalue weighted by molar-refractivity contribution is -0.126. The number of halogens is 1. The average molecular weight is 359 g/mol. The van der Waals surface area contributed by atoms with E-state index in [9.17, 15) is 9.59 Å². The molecule has 1 N–H and O–H groups in total. The minimum atomic E-state index is -0.646. The van der Waals surface area contributed by atoms with Gasteiger partial charge in [-0.1, -0.05) is 41.9 Å². The summed E-state index contributed by atoms with van der Waals surface area (Å²) in [4.78, 5) is 25.9. The van der Waals surface area contributed by atoms with E-state index in [1.807, 2.05) is 37.3 Å². The van der Waals surface area contributed by atoms with E-state index in [4.69, 9.17) is 16.3 Å². The van der Waals surface area contributed by atoms with Crippen LogP contribution in [0.2, 0.25) is 5.02 Å².